The third-order valence-electron chi connectivity index (χ3n) is 3.56. The molecule has 136 valence electrons. The third kappa shape index (κ3) is 4.43. The van der Waals surface area contributed by atoms with E-state index >= 15 is 0 Å². The van der Waals surface area contributed by atoms with Gasteiger partial charge in [0.2, 0.25) is 11.0 Å². The molecule has 0 radical (unpaired) electrons. The molecule has 2 aromatic heterocycles. The fourth-order valence-corrected chi connectivity index (χ4v) is 4.77. The molecule has 2 N–H and O–H groups in total. The maximum Gasteiger partial charge on any atom is 0.236 e. The van der Waals surface area contributed by atoms with Crippen molar-refractivity contribution in [3.05, 3.63) is 18.2 Å². The van der Waals surface area contributed by atoms with E-state index < -0.39 is 0 Å². The number of thiazole rings is 1. The van der Waals surface area contributed by atoms with Gasteiger partial charge in [0, 0.05) is 6.04 Å². The number of thioether (sulfide) groups is 1. The fourth-order valence-electron chi connectivity index (χ4n) is 2.23. The van der Waals surface area contributed by atoms with Crippen LogP contribution in [0.3, 0.4) is 0 Å². The predicted octanol–water partition coefficient (Wildman–Crippen LogP) is 3.85. The van der Waals surface area contributed by atoms with Crippen molar-refractivity contribution in [1.29, 1.82) is 0 Å². The summed E-state index contributed by atoms with van der Waals surface area (Å²) in [6.07, 6.45) is 2.39. The number of hydrogen-bond acceptors (Lipinski definition) is 9. The van der Waals surface area contributed by atoms with Crippen LogP contribution in [0.2, 0.25) is 0 Å². The summed E-state index contributed by atoms with van der Waals surface area (Å²) in [5.41, 5.74) is 0.848. The van der Waals surface area contributed by atoms with Crippen molar-refractivity contribution in [3.8, 4) is 5.75 Å². The Morgan fingerprint density at radius 3 is 3.00 bits per heavy atom. The van der Waals surface area contributed by atoms with Crippen LogP contribution in [0.15, 0.2) is 22.5 Å². The van der Waals surface area contributed by atoms with Gasteiger partial charge in [-0.05, 0) is 38.0 Å². The second-order valence-electron chi connectivity index (χ2n) is 5.71. The summed E-state index contributed by atoms with van der Waals surface area (Å²) in [6.45, 7) is 2.57. The van der Waals surface area contributed by atoms with E-state index in [1.165, 1.54) is 47.3 Å². The molecule has 1 aliphatic carbocycles. The van der Waals surface area contributed by atoms with Crippen LogP contribution >= 0.6 is 34.4 Å². The summed E-state index contributed by atoms with van der Waals surface area (Å²) in [6, 6.07) is 6.27. The third-order valence-corrected chi connectivity index (χ3v) is 6.48. The smallest absolute Gasteiger partial charge is 0.236 e. The number of anilines is 2. The number of carbonyl (C=O) groups is 1. The molecule has 0 aliphatic heterocycles. The lowest BCUT2D eigenvalue weighted by molar-refractivity contribution is -0.113. The van der Waals surface area contributed by atoms with Crippen molar-refractivity contribution >= 4 is 60.8 Å². The van der Waals surface area contributed by atoms with Crippen molar-refractivity contribution in [2.45, 2.75) is 30.1 Å². The fraction of sp³-hybridized carbons (Fsp3) is 0.375. The van der Waals surface area contributed by atoms with Crippen molar-refractivity contribution in [2.24, 2.45) is 0 Å². The molecule has 1 fully saturated rings. The lowest BCUT2D eigenvalue weighted by atomic mass is 10.3. The molecule has 0 saturated heterocycles. The normalized spacial score (nSPS) is 13.7. The van der Waals surface area contributed by atoms with E-state index in [0.717, 1.165) is 25.4 Å². The molecule has 4 rings (SSSR count). The minimum atomic E-state index is -0.106. The van der Waals surface area contributed by atoms with Crippen molar-refractivity contribution in [1.82, 2.24) is 15.2 Å². The maximum absolute atomic E-state index is 12.2. The van der Waals surface area contributed by atoms with Gasteiger partial charge < -0.3 is 15.4 Å². The molecule has 2 heterocycles. The number of nitrogens with zero attached hydrogens (tertiary/aromatic N) is 3. The summed E-state index contributed by atoms with van der Waals surface area (Å²) in [5.74, 6) is 0.980. The molecule has 10 heteroatoms. The van der Waals surface area contributed by atoms with Crippen LogP contribution in [-0.2, 0) is 4.79 Å². The van der Waals surface area contributed by atoms with E-state index in [-0.39, 0.29) is 11.7 Å². The standard InChI is InChI=1S/C16H17N5O2S3/c1-2-23-10-5-6-11-12(7-10)25-14(18-11)19-13(22)8-24-16-21-20-15(26-16)17-9-3-4-9/h5-7,9H,2-4,8H2,1H3,(H,17,20)(H,18,19,22). The maximum atomic E-state index is 12.2. The number of nitrogens with one attached hydrogen (secondary N) is 2. The van der Waals surface area contributed by atoms with Crippen molar-refractivity contribution in [2.75, 3.05) is 23.0 Å². The van der Waals surface area contributed by atoms with Gasteiger partial charge >= 0.3 is 0 Å². The number of amides is 1. The van der Waals surface area contributed by atoms with Gasteiger partial charge in [-0.3, -0.25) is 4.79 Å². The van der Waals surface area contributed by atoms with E-state index in [9.17, 15) is 4.79 Å². The predicted molar refractivity (Wildman–Crippen MR) is 107 cm³/mol. The largest absolute Gasteiger partial charge is 0.494 e. The molecule has 26 heavy (non-hydrogen) atoms. The molecule has 1 amide bonds. The molecule has 0 atom stereocenters. The van der Waals surface area contributed by atoms with Crippen LogP contribution in [-0.4, -0.2) is 39.5 Å². The zero-order chi connectivity index (χ0) is 17.9. The van der Waals surface area contributed by atoms with E-state index in [0.29, 0.717) is 17.8 Å². The minimum Gasteiger partial charge on any atom is -0.494 e. The van der Waals surface area contributed by atoms with Gasteiger partial charge in [0.05, 0.1) is 22.6 Å². The molecule has 0 spiro atoms. The van der Waals surface area contributed by atoms with Crippen LogP contribution in [0.4, 0.5) is 10.3 Å². The number of aromatic nitrogens is 3. The van der Waals surface area contributed by atoms with Gasteiger partial charge in [0.1, 0.15) is 5.75 Å². The number of carbonyl (C=O) groups excluding carboxylic acids is 1. The highest BCUT2D eigenvalue weighted by molar-refractivity contribution is 8.01. The first kappa shape index (κ1) is 17.5. The van der Waals surface area contributed by atoms with Gasteiger partial charge in [0.15, 0.2) is 9.47 Å². The van der Waals surface area contributed by atoms with Crippen molar-refractivity contribution in [3.63, 3.8) is 0 Å². The Bertz CT molecular complexity index is 922. The van der Waals surface area contributed by atoms with Gasteiger partial charge in [0.25, 0.3) is 0 Å². The molecule has 1 saturated carbocycles. The first-order valence-electron chi connectivity index (χ1n) is 8.25. The van der Waals surface area contributed by atoms with Crippen LogP contribution in [0, 0.1) is 0 Å². The van der Waals surface area contributed by atoms with Crippen LogP contribution in [0.5, 0.6) is 5.75 Å². The molecule has 3 aromatic rings. The van der Waals surface area contributed by atoms with Crippen LogP contribution < -0.4 is 15.4 Å². The summed E-state index contributed by atoms with van der Waals surface area (Å²) >= 11 is 4.30. The highest BCUT2D eigenvalue weighted by atomic mass is 32.2. The Balaban J connectivity index is 1.32. The highest BCUT2D eigenvalue weighted by Gasteiger charge is 2.22. The van der Waals surface area contributed by atoms with E-state index in [4.69, 9.17) is 4.74 Å². The Morgan fingerprint density at radius 2 is 2.19 bits per heavy atom. The molecule has 7 nitrogen and oxygen atoms in total. The summed E-state index contributed by atoms with van der Waals surface area (Å²) in [7, 11) is 0. The highest BCUT2D eigenvalue weighted by Crippen LogP contribution is 2.31. The van der Waals surface area contributed by atoms with E-state index in [1.807, 2.05) is 25.1 Å². The number of rotatable bonds is 8. The molecule has 0 bridgehead atoms. The Kier molecular flexibility index (Phi) is 5.23. The second-order valence-corrected chi connectivity index (χ2v) is 8.94. The van der Waals surface area contributed by atoms with Crippen LogP contribution in [0.25, 0.3) is 10.2 Å². The Labute approximate surface area is 162 Å². The first-order valence-corrected chi connectivity index (χ1v) is 10.9. The average molecular weight is 408 g/mol. The molecule has 0 unspecified atom stereocenters. The summed E-state index contributed by atoms with van der Waals surface area (Å²) in [4.78, 5) is 16.6. The van der Waals surface area contributed by atoms with Crippen LogP contribution in [0.1, 0.15) is 19.8 Å². The molecule has 1 aromatic carbocycles. The van der Waals surface area contributed by atoms with Gasteiger partial charge in [-0.2, -0.15) is 0 Å². The molecular weight excluding hydrogens is 390 g/mol. The SMILES string of the molecule is CCOc1ccc2nc(NC(=O)CSc3nnc(NC4CC4)s3)sc2c1. The van der Waals surface area contributed by atoms with E-state index in [1.54, 1.807) is 0 Å². The number of hydrogen-bond donors (Lipinski definition) is 2. The topological polar surface area (TPSA) is 89.0 Å². The number of fused-ring (bicyclic) bond motifs is 1. The van der Waals surface area contributed by atoms with E-state index in [2.05, 4.69) is 25.8 Å². The minimum absolute atomic E-state index is 0.106. The monoisotopic (exact) mass is 407 g/mol. The van der Waals surface area contributed by atoms with Gasteiger partial charge in [-0.15, -0.1) is 10.2 Å². The molecule has 1 aliphatic rings. The van der Waals surface area contributed by atoms with Crippen molar-refractivity contribution < 1.29 is 9.53 Å². The molecular formula is C16H17N5O2S3. The van der Waals surface area contributed by atoms with Gasteiger partial charge in [-0.25, -0.2) is 4.98 Å². The summed E-state index contributed by atoms with van der Waals surface area (Å²) < 4.78 is 7.26. The Hall–Kier alpha value is -1.91. The lowest BCUT2D eigenvalue weighted by Crippen LogP contribution is -2.13. The first-order chi connectivity index (χ1) is 12.7. The van der Waals surface area contributed by atoms with Gasteiger partial charge in [-0.1, -0.05) is 34.4 Å². The number of ether oxygens (including phenoxy) is 1. The number of benzene rings is 1. The summed E-state index contributed by atoms with van der Waals surface area (Å²) in [5, 5.41) is 15.8. The Morgan fingerprint density at radius 1 is 1.31 bits per heavy atom. The lowest BCUT2D eigenvalue weighted by Gasteiger charge is -2.00. The quantitative estimate of drug-likeness (QED) is 0.548. The second kappa shape index (κ2) is 7.77. The average Bonchev–Trinajstić information content (AvgIpc) is 3.16. The zero-order valence-corrected chi connectivity index (χ0v) is 16.5. The zero-order valence-electron chi connectivity index (χ0n) is 14.0.